The molecule has 4 heteroatoms. The highest BCUT2D eigenvalue weighted by Crippen LogP contribution is 2.44. The third kappa shape index (κ3) is 1.91. The van der Waals surface area contributed by atoms with Gasteiger partial charge in [-0.05, 0) is 37.6 Å². The number of likely N-dealkylation sites (tertiary alicyclic amines) is 1. The summed E-state index contributed by atoms with van der Waals surface area (Å²) in [7, 11) is 0. The Hall–Kier alpha value is -0.610. The Morgan fingerprint density at radius 3 is 2.93 bits per heavy atom. The van der Waals surface area contributed by atoms with Crippen LogP contribution in [-0.4, -0.2) is 41.7 Å². The van der Waals surface area contributed by atoms with Crippen LogP contribution in [0.2, 0.25) is 0 Å². The van der Waals surface area contributed by atoms with Crippen LogP contribution in [-0.2, 0) is 4.79 Å². The van der Waals surface area contributed by atoms with E-state index in [2.05, 4.69) is 0 Å². The third-order valence-electron chi connectivity index (χ3n) is 3.62. The molecule has 0 aromatic rings. The summed E-state index contributed by atoms with van der Waals surface area (Å²) in [6.45, 7) is 2.06. The second-order valence-electron chi connectivity index (χ2n) is 4.86. The number of nitrogens with two attached hydrogens (primary N) is 1. The van der Waals surface area contributed by atoms with Gasteiger partial charge in [0.25, 0.3) is 0 Å². The molecule has 1 spiro atoms. The molecule has 0 bridgehead atoms. The van der Waals surface area contributed by atoms with Gasteiger partial charge in [0, 0.05) is 12.6 Å². The lowest BCUT2D eigenvalue weighted by Crippen LogP contribution is -2.30. The van der Waals surface area contributed by atoms with E-state index in [1.807, 2.05) is 4.90 Å². The molecular formula is C10H18N2O2. The van der Waals surface area contributed by atoms with Crippen LogP contribution in [0.1, 0.15) is 25.7 Å². The molecule has 4 nitrogen and oxygen atoms in total. The highest BCUT2D eigenvalue weighted by atomic mass is 16.4. The Balaban J connectivity index is 1.91. The number of carboxylic acids is 1. The minimum absolute atomic E-state index is 0.191. The SMILES string of the molecule is N[C@H]1CC[C@]2(CCN(CC(=O)O)C2)C1. The Labute approximate surface area is 84.1 Å². The van der Waals surface area contributed by atoms with E-state index in [-0.39, 0.29) is 6.54 Å². The van der Waals surface area contributed by atoms with E-state index >= 15 is 0 Å². The summed E-state index contributed by atoms with van der Waals surface area (Å²) in [5.41, 5.74) is 6.26. The minimum atomic E-state index is -0.718. The molecular weight excluding hydrogens is 180 g/mol. The first-order valence-electron chi connectivity index (χ1n) is 5.29. The summed E-state index contributed by atoms with van der Waals surface area (Å²) in [4.78, 5) is 12.6. The van der Waals surface area contributed by atoms with E-state index in [1.54, 1.807) is 0 Å². The normalized spacial score (nSPS) is 38.2. The lowest BCUT2D eigenvalue weighted by atomic mass is 9.85. The zero-order valence-corrected chi connectivity index (χ0v) is 8.41. The molecule has 2 rings (SSSR count). The van der Waals surface area contributed by atoms with Crippen LogP contribution < -0.4 is 5.73 Å². The van der Waals surface area contributed by atoms with Gasteiger partial charge in [-0.2, -0.15) is 0 Å². The number of aliphatic carboxylic acids is 1. The van der Waals surface area contributed by atoms with Crippen molar-refractivity contribution >= 4 is 5.97 Å². The van der Waals surface area contributed by atoms with Gasteiger partial charge < -0.3 is 10.8 Å². The van der Waals surface area contributed by atoms with E-state index in [9.17, 15) is 4.79 Å². The van der Waals surface area contributed by atoms with E-state index in [0.717, 1.165) is 32.4 Å². The highest BCUT2D eigenvalue weighted by molar-refractivity contribution is 5.69. The molecule has 0 unspecified atom stereocenters. The lowest BCUT2D eigenvalue weighted by Gasteiger charge is -2.23. The summed E-state index contributed by atoms with van der Waals surface area (Å²) in [6.07, 6.45) is 4.52. The maximum atomic E-state index is 10.6. The van der Waals surface area contributed by atoms with Gasteiger partial charge in [-0.25, -0.2) is 0 Å². The van der Waals surface area contributed by atoms with Crippen LogP contribution >= 0.6 is 0 Å². The zero-order chi connectivity index (χ0) is 10.2. The first kappa shape index (κ1) is 9.93. The molecule has 2 aliphatic rings. The van der Waals surface area contributed by atoms with Crippen LogP contribution in [0.15, 0.2) is 0 Å². The van der Waals surface area contributed by atoms with Crippen LogP contribution in [0.3, 0.4) is 0 Å². The number of rotatable bonds is 2. The van der Waals surface area contributed by atoms with E-state index in [0.29, 0.717) is 11.5 Å². The van der Waals surface area contributed by atoms with Crippen LogP contribution in [0.4, 0.5) is 0 Å². The number of carboxylic acid groups (broad SMARTS) is 1. The van der Waals surface area contributed by atoms with Crippen molar-refractivity contribution in [3.05, 3.63) is 0 Å². The van der Waals surface area contributed by atoms with Crippen molar-refractivity contribution in [1.82, 2.24) is 4.90 Å². The first-order chi connectivity index (χ1) is 6.60. The third-order valence-corrected chi connectivity index (χ3v) is 3.62. The summed E-state index contributed by atoms with van der Waals surface area (Å²) >= 11 is 0. The first-order valence-corrected chi connectivity index (χ1v) is 5.29. The van der Waals surface area contributed by atoms with Crippen molar-refractivity contribution in [2.24, 2.45) is 11.1 Å². The van der Waals surface area contributed by atoms with Crippen LogP contribution in [0.5, 0.6) is 0 Å². The number of nitrogens with zero attached hydrogens (tertiary/aromatic N) is 1. The summed E-state index contributed by atoms with van der Waals surface area (Å²) in [5.74, 6) is -0.718. The topological polar surface area (TPSA) is 66.6 Å². The maximum absolute atomic E-state index is 10.6. The second kappa shape index (κ2) is 3.51. The van der Waals surface area contributed by atoms with Crippen molar-refractivity contribution in [3.8, 4) is 0 Å². The number of hydrogen-bond acceptors (Lipinski definition) is 3. The molecule has 1 saturated heterocycles. The molecule has 0 amide bonds. The molecule has 80 valence electrons. The van der Waals surface area contributed by atoms with Gasteiger partial charge in [-0.1, -0.05) is 0 Å². The smallest absolute Gasteiger partial charge is 0.317 e. The lowest BCUT2D eigenvalue weighted by molar-refractivity contribution is -0.138. The van der Waals surface area contributed by atoms with Crippen LogP contribution in [0, 0.1) is 5.41 Å². The quantitative estimate of drug-likeness (QED) is 0.668. The van der Waals surface area contributed by atoms with Crippen molar-refractivity contribution in [3.63, 3.8) is 0 Å². The minimum Gasteiger partial charge on any atom is -0.480 e. The van der Waals surface area contributed by atoms with Gasteiger partial charge in [0.05, 0.1) is 6.54 Å². The Kier molecular flexibility index (Phi) is 2.49. The van der Waals surface area contributed by atoms with Crippen molar-refractivity contribution < 1.29 is 9.90 Å². The molecule has 1 aliphatic carbocycles. The fraction of sp³-hybridized carbons (Fsp3) is 0.900. The molecule has 0 aromatic carbocycles. The van der Waals surface area contributed by atoms with Crippen molar-refractivity contribution in [1.29, 1.82) is 0 Å². The molecule has 1 aliphatic heterocycles. The highest BCUT2D eigenvalue weighted by Gasteiger charge is 2.43. The molecule has 14 heavy (non-hydrogen) atoms. The van der Waals surface area contributed by atoms with Crippen molar-refractivity contribution in [2.75, 3.05) is 19.6 Å². The Morgan fingerprint density at radius 1 is 1.57 bits per heavy atom. The van der Waals surface area contributed by atoms with Gasteiger partial charge >= 0.3 is 5.97 Å². The summed E-state index contributed by atoms with van der Waals surface area (Å²) in [6, 6.07) is 0.347. The molecule has 3 N–H and O–H groups in total. The Bertz CT molecular complexity index is 244. The molecule has 1 saturated carbocycles. The monoisotopic (exact) mass is 198 g/mol. The van der Waals surface area contributed by atoms with Gasteiger partial charge in [0.15, 0.2) is 0 Å². The average Bonchev–Trinajstić information content (AvgIpc) is 2.60. The van der Waals surface area contributed by atoms with E-state index in [4.69, 9.17) is 10.8 Å². The predicted octanol–water partition coefficient (Wildman–Crippen LogP) is 0.274. The summed E-state index contributed by atoms with van der Waals surface area (Å²) in [5, 5.41) is 8.69. The number of hydrogen-bond donors (Lipinski definition) is 2. The van der Waals surface area contributed by atoms with Gasteiger partial charge in [-0.15, -0.1) is 0 Å². The van der Waals surface area contributed by atoms with Gasteiger partial charge in [0.2, 0.25) is 0 Å². The molecule has 1 heterocycles. The molecule has 2 fully saturated rings. The Morgan fingerprint density at radius 2 is 2.36 bits per heavy atom. The second-order valence-corrected chi connectivity index (χ2v) is 4.86. The maximum Gasteiger partial charge on any atom is 0.317 e. The standard InChI is InChI=1S/C10H18N2O2/c11-8-1-2-10(5-8)3-4-12(7-10)6-9(13)14/h8H,1-7,11H2,(H,13,14)/t8-,10-/m0/s1. The average molecular weight is 198 g/mol. The zero-order valence-electron chi connectivity index (χ0n) is 8.41. The van der Waals surface area contributed by atoms with E-state index in [1.165, 1.54) is 6.42 Å². The fourth-order valence-electron chi connectivity index (χ4n) is 2.98. The fourth-order valence-corrected chi connectivity index (χ4v) is 2.98. The number of carbonyl (C=O) groups is 1. The molecule has 0 aromatic heterocycles. The van der Waals surface area contributed by atoms with Gasteiger partial charge in [0.1, 0.15) is 0 Å². The summed E-state index contributed by atoms with van der Waals surface area (Å²) < 4.78 is 0. The molecule has 2 atom stereocenters. The van der Waals surface area contributed by atoms with Crippen molar-refractivity contribution in [2.45, 2.75) is 31.7 Å². The predicted molar refractivity (Wildman–Crippen MR) is 53.0 cm³/mol. The van der Waals surface area contributed by atoms with Crippen LogP contribution in [0.25, 0.3) is 0 Å². The molecule has 0 radical (unpaired) electrons. The van der Waals surface area contributed by atoms with Gasteiger partial charge in [-0.3, -0.25) is 9.69 Å². The van der Waals surface area contributed by atoms with E-state index < -0.39 is 5.97 Å². The largest absolute Gasteiger partial charge is 0.480 e.